The number of hydrogen-bond acceptors (Lipinski definition) is 7. The number of carboxylic acid groups (broad SMARTS) is 1. The average Bonchev–Trinajstić information content (AvgIpc) is 2.50. The molecule has 0 atom stereocenters. The molecule has 0 spiro atoms. The molecule has 0 aliphatic carbocycles. The molecule has 0 bridgehead atoms. The van der Waals surface area contributed by atoms with E-state index < -0.39 is 5.97 Å². The van der Waals surface area contributed by atoms with Crippen LogP contribution >= 0.6 is 34.9 Å². The third kappa shape index (κ3) is 5.38. The standard InChI is InChI=1S/C6H8N2O2S3.Ag/c1-2-11-5-7-8-6(13-5)12-3-4(9)10;/h2-3H2,1H3,(H,9,10);/q;+1/p-1. The van der Waals surface area contributed by atoms with E-state index in [1.165, 1.54) is 11.3 Å². The Hall–Kier alpha value is 0.470. The van der Waals surface area contributed by atoms with Crippen LogP contribution in [0.2, 0.25) is 0 Å². The van der Waals surface area contributed by atoms with Gasteiger partial charge in [0, 0.05) is 5.75 Å². The molecular weight excluding hydrogens is 336 g/mol. The van der Waals surface area contributed by atoms with E-state index >= 15 is 0 Å². The second-order valence-electron chi connectivity index (χ2n) is 1.93. The fourth-order valence-corrected chi connectivity index (χ4v) is 3.19. The van der Waals surface area contributed by atoms with Crippen LogP contribution in [0.3, 0.4) is 0 Å². The minimum atomic E-state index is -1.08. The Bertz CT molecular complexity index is 294. The van der Waals surface area contributed by atoms with E-state index in [0.717, 1.165) is 21.9 Å². The maximum absolute atomic E-state index is 10.1. The smallest absolute Gasteiger partial charge is 0.549 e. The largest absolute Gasteiger partial charge is 1.00 e. The Morgan fingerprint density at radius 2 is 2.00 bits per heavy atom. The van der Waals surface area contributed by atoms with Crippen molar-refractivity contribution in [2.24, 2.45) is 0 Å². The van der Waals surface area contributed by atoms with Gasteiger partial charge in [-0.25, -0.2) is 0 Å². The van der Waals surface area contributed by atoms with Gasteiger partial charge < -0.3 is 9.90 Å². The van der Waals surface area contributed by atoms with Crippen molar-refractivity contribution in [3.8, 4) is 0 Å². The molecule has 0 aliphatic heterocycles. The van der Waals surface area contributed by atoms with E-state index in [1.54, 1.807) is 11.8 Å². The van der Waals surface area contributed by atoms with E-state index in [1.807, 2.05) is 6.92 Å². The first-order chi connectivity index (χ1) is 6.22. The molecule has 0 fully saturated rings. The first-order valence-corrected chi connectivity index (χ1v) is 6.30. The van der Waals surface area contributed by atoms with Crippen molar-refractivity contribution in [2.45, 2.75) is 15.6 Å². The first kappa shape index (κ1) is 14.5. The maximum Gasteiger partial charge on any atom is 1.00 e. The molecule has 0 N–H and O–H groups in total. The van der Waals surface area contributed by atoms with E-state index in [0.29, 0.717) is 4.34 Å². The van der Waals surface area contributed by atoms with Crippen LogP contribution in [0, 0.1) is 0 Å². The van der Waals surface area contributed by atoms with Crippen LogP contribution in [0.25, 0.3) is 0 Å². The number of rotatable bonds is 5. The van der Waals surface area contributed by atoms with Crippen LogP contribution in [0.1, 0.15) is 6.92 Å². The molecule has 0 saturated heterocycles. The summed E-state index contributed by atoms with van der Waals surface area (Å²) in [7, 11) is 0. The van der Waals surface area contributed by atoms with Gasteiger partial charge in [-0.05, 0) is 5.75 Å². The minimum absolute atomic E-state index is 0. The predicted molar refractivity (Wildman–Crippen MR) is 52.0 cm³/mol. The first-order valence-electron chi connectivity index (χ1n) is 3.51. The number of hydrogen-bond donors (Lipinski definition) is 0. The van der Waals surface area contributed by atoms with Crippen molar-refractivity contribution in [1.29, 1.82) is 0 Å². The van der Waals surface area contributed by atoms with Gasteiger partial charge in [0.1, 0.15) is 0 Å². The molecule has 8 heteroatoms. The van der Waals surface area contributed by atoms with Crippen molar-refractivity contribution < 1.29 is 32.3 Å². The number of thioether (sulfide) groups is 2. The Morgan fingerprint density at radius 1 is 1.43 bits per heavy atom. The molecule has 1 aromatic rings. The minimum Gasteiger partial charge on any atom is -0.549 e. The normalized spacial score (nSPS) is 9.50. The van der Waals surface area contributed by atoms with Crippen molar-refractivity contribution in [3.05, 3.63) is 0 Å². The third-order valence-electron chi connectivity index (χ3n) is 0.969. The summed E-state index contributed by atoms with van der Waals surface area (Å²) in [6.07, 6.45) is 0. The number of carboxylic acids is 1. The summed E-state index contributed by atoms with van der Waals surface area (Å²) in [6, 6.07) is 0. The number of aromatic nitrogens is 2. The number of nitrogens with zero attached hydrogens (tertiary/aromatic N) is 2. The monoisotopic (exact) mass is 342 g/mol. The van der Waals surface area contributed by atoms with E-state index in [2.05, 4.69) is 10.2 Å². The van der Waals surface area contributed by atoms with Crippen molar-refractivity contribution in [2.75, 3.05) is 11.5 Å². The van der Waals surface area contributed by atoms with Crippen LogP contribution in [0.4, 0.5) is 0 Å². The van der Waals surface area contributed by atoms with Crippen LogP contribution in [0.5, 0.6) is 0 Å². The van der Waals surface area contributed by atoms with Crippen LogP contribution < -0.4 is 5.11 Å². The Kier molecular flexibility index (Phi) is 7.98. The number of carbonyl (C=O) groups excluding carboxylic acids is 1. The summed E-state index contributed by atoms with van der Waals surface area (Å²) in [5.41, 5.74) is 0. The predicted octanol–water partition coefficient (Wildman–Crippen LogP) is 0.490. The molecule has 0 aliphatic rings. The van der Waals surface area contributed by atoms with Gasteiger partial charge in [0.05, 0.1) is 5.97 Å². The molecule has 0 saturated carbocycles. The van der Waals surface area contributed by atoms with E-state index in [9.17, 15) is 9.90 Å². The zero-order valence-corrected chi connectivity index (χ0v) is 11.1. The van der Waals surface area contributed by atoms with Gasteiger partial charge in [-0.15, -0.1) is 10.2 Å². The maximum atomic E-state index is 10.1. The van der Waals surface area contributed by atoms with Crippen molar-refractivity contribution in [3.63, 3.8) is 0 Å². The number of aliphatic carboxylic acids is 1. The Balaban J connectivity index is 0.00000169. The fourth-order valence-electron chi connectivity index (χ4n) is 0.558. The van der Waals surface area contributed by atoms with Gasteiger partial charge >= 0.3 is 22.4 Å². The summed E-state index contributed by atoms with van der Waals surface area (Å²) >= 11 is 4.16. The van der Waals surface area contributed by atoms with Crippen molar-refractivity contribution >= 4 is 40.8 Å². The van der Waals surface area contributed by atoms with Gasteiger partial charge in [-0.1, -0.05) is 41.8 Å². The number of carbonyl (C=O) groups is 1. The SMILES string of the molecule is CCSc1nnc(SCC(=O)[O-])s1.[Ag+]. The topological polar surface area (TPSA) is 65.9 Å². The molecule has 0 amide bonds. The zero-order chi connectivity index (χ0) is 9.68. The summed E-state index contributed by atoms with van der Waals surface area (Å²) < 4.78 is 1.56. The van der Waals surface area contributed by atoms with E-state index in [4.69, 9.17) is 0 Å². The van der Waals surface area contributed by atoms with Gasteiger partial charge in [-0.2, -0.15) is 0 Å². The summed E-state index contributed by atoms with van der Waals surface area (Å²) in [6.45, 7) is 2.03. The molecule has 1 heterocycles. The Morgan fingerprint density at radius 3 is 2.50 bits per heavy atom. The van der Waals surface area contributed by atoms with Crippen LogP contribution in [-0.2, 0) is 27.2 Å². The molecule has 82 valence electrons. The molecule has 0 aromatic carbocycles. The molecule has 4 nitrogen and oxygen atoms in total. The molecule has 1 rings (SSSR count). The summed E-state index contributed by atoms with van der Waals surface area (Å²) in [4.78, 5) is 10.1. The second kappa shape index (κ2) is 7.72. The van der Waals surface area contributed by atoms with Gasteiger partial charge in [0.2, 0.25) is 0 Å². The molecule has 0 unspecified atom stereocenters. The third-order valence-corrected chi connectivity index (χ3v) is 4.01. The Labute approximate surface area is 110 Å². The van der Waals surface area contributed by atoms with Crippen molar-refractivity contribution in [1.82, 2.24) is 10.2 Å². The van der Waals surface area contributed by atoms with Crippen LogP contribution in [0.15, 0.2) is 8.68 Å². The van der Waals surface area contributed by atoms with E-state index in [-0.39, 0.29) is 28.1 Å². The van der Waals surface area contributed by atoms with Gasteiger partial charge in [0.25, 0.3) is 0 Å². The molecular formula is C6H7AgN2O2S3. The fraction of sp³-hybridized carbons (Fsp3) is 0.500. The molecule has 0 radical (unpaired) electrons. The van der Waals surface area contributed by atoms with Gasteiger partial charge in [-0.3, -0.25) is 0 Å². The average molecular weight is 343 g/mol. The quantitative estimate of drug-likeness (QED) is 0.573. The summed E-state index contributed by atoms with van der Waals surface area (Å²) in [5.74, 6) is -0.199. The molecule has 14 heavy (non-hydrogen) atoms. The second-order valence-corrected chi connectivity index (χ2v) is 5.64. The molecule has 1 aromatic heterocycles. The zero-order valence-electron chi connectivity index (χ0n) is 7.15. The summed E-state index contributed by atoms with van der Waals surface area (Å²) in [5, 5.41) is 17.8. The van der Waals surface area contributed by atoms with Gasteiger partial charge in [0.15, 0.2) is 8.68 Å². The van der Waals surface area contributed by atoms with Crippen LogP contribution in [-0.4, -0.2) is 27.7 Å².